The molecule has 1 fully saturated rings. The Balaban J connectivity index is 2.42. The van der Waals surface area contributed by atoms with Crippen LogP contribution in [0.25, 0.3) is 0 Å². The van der Waals surface area contributed by atoms with Crippen molar-refractivity contribution >= 4 is 11.8 Å². The number of quaternary nitrogens is 1. The molecule has 1 rings (SSSR count). The Bertz CT molecular complexity index is 371. The number of nitrogens with one attached hydrogen (secondary N) is 3. The van der Waals surface area contributed by atoms with Gasteiger partial charge in [0.25, 0.3) is 11.8 Å². The van der Waals surface area contributed by atoms with Gasteiger partial charge in [0.1, 0.15) is 0 Å². The first kappa shape index (κ1) is 18.9. The molecule has 0 aromatic heterocycles. The molecule has 1 unspecified atom stereocenters. The van der Waals surface area contributed by atoms with Crippen molar-refractivity contribution in [2.45, 2.75) is 66.0 Å². The molecule has 0 heterocycles. The van der Waals surface area contributed by atoms with Gasteiger partial charge in [-0.2, -0.15) is 0 Å². The third-order valence-electron chi connectivity index (χ3n) is 4.82. The van der Waals surface area contributed by atoms with E-state index in [0.29, 0.717) is 31.0 Å². The van der Waals surface area contributed by atoms with Gasteiger partial charge in [0, 0.05) is 12.1 Å². The van der Waals surface area contributed by atoms with Crippen molar-refractivity contribution in [3.8, 4) is 0 Å². The van der Waals surface area contributed by atoms with Crippen LogP contribution < -0.4 is 15.5 Å². The molecule has 0 bridgehead atoms. The number of carbonyl (C=O) groups is 2. The van der Waals surface area contributed by atoms with Gasteiger partial charge in [0.05, 0.1) is 6.54 Å². The second-order valence-corrected chi connectivity index (χ2v) is 7.12. The molecular formula is C17H34N3O2+. The van der Waals surface area contributed by atoms with E-state index in [0.717, 1.165) is 17.9 Å². The van der Waals surface area contributed by atoms with Crippen molar-refractivity contribution < 1.29 is 14.5 Å². The topological polar surface area (TPSA) is 62.6 Å². The van der Waals surface area contributed by atoms with Gasteiger partial charge in [-0.05, 0) is 39.0 Å². The van der Waals surface area contributed by atoms with Gasteiger partial charge in [-0.3, -0.25) is 9.59 Å². The SMILES string of the molecule is CC[NH+](CC(=O)NC(C)C)CC(=O)N[C@@H]1CCC[C@H](C)[C@@H]1C. The highest BCUT2D eigenvalue weighted by Gasteiger charge is 2.29. The predicted octanol–water partition coefficient (Wildman–Crippen LogP) is 0.357. The van der Waals surface area contributed by atoms with Crippen LogP contribution in [0, 0.1) is 11.8 Å². The molecule has 1 aliphatic carbocycles. The van der Waals surface area contributed by atoms with Crippen LogP contribution in [0.15, 0.2) is 0 Å². The lowest BCUT2D eigenvalue weighted by molar-refractivity contribution is -0.881. The van der Waals surface area contributed by atoms with Crippen LogP contribution in [0.1, 0.15) is 53.9 Å². The lowest BCUT2D eigenvalue weighted by Gasteiger charge is -2.34. The van der Waals surface area contributed by atoms with Gasteiger partial charge in [-0.15, -0.1) is 0 Å². The highest BCUT2D eigenvalue weighted by Crippen LogP contribution is 2.29. The molecule has 1 saturated carbocycles. The van der Waals surface area contributed by atoms with Crippen molar-refractivity contribution in [2.75, 3.05) is 19.6 Å². The molecule has 0 saturated heterocycles. The zero-order valence-corrected chi connectivity index (χ0v) is 14.9. The first-order valence-corrected chi connectivity index (χ1v) is 8.75. The molecule has 0 aliphatic heterocycles. The Kier molecular flexibility index (Phi) is 7.87. The van der Waals surface area contributed by atoms with E-state index in [2.05, 4.69) is 24.5 Å². The molecular weight excluding hydrogens is 278 g/mol. The summed E-state index contributed by atoms with van der Waals surface area (Å²) in [5, 5.41) is 6.07. The average Bonchev–Trinajstić information content (AvgIpc) is 2.42. The Hall–Kier alpha value is -1.10. The summed E-state index contributed by atoms with van der Waals surface area (Å²) >= 11 is 0. The lowest BCUT2D eigenvalue weighted by Crippen LogP contribution is -3.14. The number of hydrogen-bond donors (Lipinski definition) is 3. The average molecular weight is 312 g/mol. The Morgan fingerprint density at radius 3 is 2.36 bits per heavy atom. The van der Waals surface area contributed by atoms with Gasteiger partial charge in [0.2, 0.25) is 0 Å². The van der Waals surface area contributed by atoms with E-state index in [1.54, 1.807) is 0 Å². The molecule has 22 heavy (non-hydrogen) atoms. The van der Waals surface area contributed by atoms with Gasteiger partial charge >= 0.3 is 0 Å². The summed E-state index contributed by atoms with van der Waals surface area (Å²) in [7, 11) is 0. The van der Waals surface area contributed by atoms with E-state index in [1.807, 2.05) is 20.8 Å². The van der Waals surface area contributed by atoms with Gasteiger partial charge in [-0.1, -0.05) is 26.7 Å². The third-order valence-corrected chi connectivity index (χ3v) is 4.82. The maximum absolute atomic E-state index is 12.3. The Morgan fingerprint density at radius 1 is 1.14 bits per heavy atom. The van der Waals surface area contributed by atoms with Crippen molar-refractivity contribution in [3.63, 3.8) is 0 Å². The molecule has 2 amide bonds. The molecule has 4 atom stereocenters. The molecule has 128 valence electrons. The Labute approximate surface area is 135 Å². The number of rotatable bonds is 7. The van der Waals surface area contributed by atoms with Gasteiger partial charge in [-0.25, -0.2) is 0 Å². The number of carbonyl (C=O) groups excluding carboxylic acids is 2. The zero-order chi connectivity index (χ0) is 16.7. The normalized spacial score (nSPS) is 26.5. The fraction of sp³-hybridized carbons (Fsp3) is 0.882. The first-order chi connectivity index (χ1) is 10.3. The summed E-state index contributed by atoms with van der Waals surface area (Å²) in [6.45, 7) is 11.9. The second-order valence-electron chi connectivity index (χ2n) is 7.12. The van der Waals surface area contributed by atoms with Crippen LogP contribution in [0.3, 0.4) is 0 Å². The fourth-order valence-electron chi connectivity index (χ4n) is 3.18. The summed E-state index contributed by atoms with van der Waals surface area (Å²) in [4.78, 5) is 25.1. The van der Waals surface area contributed by atoms with E-state index < -0.39 is 0 Å². The quantitative estimate of drug-likeness (QED) is 0.635. The number of amides is 2. The van der Waals surface area contributed by atoms with Crippen LogP contribution in [0.5, 0.6) is 0 Å². The standard InChI is InChI=1S/C17H33N3O2/c1-6-20(10-16(21)18-12(2)3)11-17(22)19-15-9-7-8-13(4)14(15)5/h12-15H,6-11H2,1-5H3,(H,18,21)(H,19,22)/p+1/t13-,14-,15+/m0/s1. The second kappa shape index (κ2) is 9.13. The number of hydrogen-bond acceptors (Lipinski definition) is 2. The van der Waals surface area contributed by atoms with Crippen molar-refractivity contribution in [1.82, 2.24) is 10.6 Å². The fourth-order valence-corrected chi connectivity index (χ4v) is 3.18. The van der Waals surface area contributed by atoms with Gasteiger partial charge in [0.15, 0.2) is 13.1 Å². The molecule has 1 aliphatic rings. The minimum atomic E-state index is 0.0132. The maximum atomic E-state index is 12.3. The number of likely N-dealkylation sites (N-methyl/N-ethyl adjacent to an activating group) is 1. The smallest absolute Gasteiger partial charge is 0.275 e. The van der Waals surface area contributed by atoms with Crippen molar-refractivity contribution in [3.05, 3.63) is 0 Å². The molecule has 5 nitrogen and oxygen atoms in total. The molecule has 0 aromatic rings. The van der Waals surface area contributed by atoms with Crippen LogP contribution in [0.4, 0.5) is 0 Å². The molecule has 0 radical (unpaired) electrons. The van der Waals surface area contributed by atoms with Crippen LogP contribution >= 0.6 is 0 Å². The van der Waals surface area contributed by atoms with Crippen LogP contribution in [-0.4, -0.2) is 43.5 Å². The zero-order valence-electron chi connectivity index (χ0n) is 14.9. The van der Waals surface area contributed by atoms with Crippen LogP contribution in [-0.2, 0) is 9.59 Å². The maximum Gasteiger partial charge on any atom is 0.275 e. The van der Waals surface area contributed by atoms with Crippen molar-refractivity contribution in [2.24, 2.45) is 11.8 Å². The predicted molar refractivity (Wildman–Crippen MR) is 88.6 cm³/mol. The lowest BCUT2D eigenvalue weighted by atomic mass is 9.78. The summed E-state index contributed by atoms with van der Waals surface area (Å²) in [5.74, 6) is 1.29. The summed E-state index contributed by atoms with van der Waals surface area (Å²) in [6.07, 6.45) is 3.53. The Morgan fingerprint density at radius 2 is 1.77 bits per heavy atom. The highest BCUT2D eigenvalue weighted by atomic mass is 16.2. The van der Waals surface area contributed by atoms with Crippen LogP contribution in [0.2, 0.25) is 0 Å². The third kappa shape index (κ3) is 6.34. The summed E-state index contributed by atoms with van der Waals surface area (Å²) in [6, 6.07) is 0.433. The molecule has 0 spiro atoms. The minimum absolute atomic E-state index is 0.0132. The monoisotopic (exact) mass is 312 g/mol. The van der Waals surface area contributed by atoms with Gasteiger partial charge < -0.3 is 15.5 Å². The summed E-state index contributed by atoms with van der Waals surface area (Å²) in [5.41, 5.74) is 0. The largest absolute Gasteiger partial charge is 0.349 e. The molecule has 5 heteroatoms. The molecule has 0 aromatic carbocycles. The first-order valence-electron chi connectivity index (χ1n) is 8.75. The minimum Gasteiger partial charge on any atom is -0.349 e. The van der Waals surface area contributed by atoms with Crippen molar-refractivity contribution in [1.29, 1.82) is 0 Å². The van der Waals surface area contributed by atoms with E-state index in [-0.39, 0.29) is 17.9 Å². The van der Waals surface area contributed by atoms with E-state index in [9.17, 15) is 9.59 Å². The summed E-state index contributed by atoms with van der Waals surface area (Å²) < 4.78 is 0. The van der Waals surface area contributed by atoms with E-state index in [4.69, 9.17) is 0 Å². The van der Waals surface area contributed by atoms with E-state index in [1.165, 1.54) is 12.8 Å². The highest BCUT2D eigenvalue weighted by molar-refractivity contribution is 5.79. The molecule has 3 N–H and O–H groups in total. The van der Waals surface area contributed by atoms with E-state index >= 15 is 0 Å².